The molecule has 1 atom stereocenters. The molecule has 3 aliphatic rings. The largest absolute Gasteiger partial charge is 0.341 e. The minimum absolute atomic E-state index is 0.240. The van der Waals surface area contributed by atoms with Crippen LogP contribution in [0.3, 0.4) is 0 Å². The fourth-order valence-corrected chi connectivity index (χ4v) is 3.60. The van der Waals surface area contributed by atoms with Gasteiger partial charge < -0.3 is 10.6 Å². The molecule has 3 saturated carbocycles. The Labute approximate surface area is 123 Å². The molecule has 3 fully saturated rings. The maximum Gasteiger partial charge on any atom is 0.239 e. The summed E-state index contributed by atoms with van der Waals surface area (Å²) < 4.78 is 0. The number of hydrogen-bond donors (Lipinski definition) is 1. The summed E-state index contributed by atoms with van der Waals surface area (Å²) in [4.78, 5) is 14.8. The second-order valence-electron chi connectivity index (χ2n) is 7.48. The van der Waals surface area contributed by atoms with E-state index in [4.69, 9.17) is 5.73 Å². The van der Waals surface area contributed by atoms with Gasteiger partial charge in [-0.1, -0.05) is 32.1 Å². The summed E-state index contributed by atoms with van der Waals surface area (Å²) in [6.07, 6.45) is 12.8. The molecule has 0 aromatic heterocycles. The molecule has 0 aromatic carbocycles. The van der Waals surface area contributed by atoms with Gasteiger partial charge in [-0.2, -0.15) is 0 Å². The van der Waals surface area contributed by atoms with Crippen LogP contribution in [0.5, 0.6) is 0 Å². The molecule has 0 aromatic rings. The van der Waals surface area contributed by atoms with E-state index in [-0.39, 0.29) is 11.9 Å². The lowest BCUT2D eigenvalue weighted by Gasteiger charge is -2.29. The van der Waals surface area contributed by atoms with Gasteiger partial charge in [0.15, 0.2) is 0 Å². The first kappa shape index (κ1) is 14.4. The topological polar surface area (TPSA) is 46.3 Å². The van der Waals surface area contributed by atoms with Gasteiger partial charge in [0.05, 0.1) is 6.04 Å². The normalized spacial score (nSPS) is 25.4. The Morgan fingerprint density at radius 1 is 0.900 bits per heavy atom. The van der Waals surface area contributed by atoms with Gasteiger partial charge in [0.25, 0.3) is 0 Å². The molecule has 3 aliphatic carbocycles. The van der Waals surface area contributed by atoms with Gasteiger partial charge >= 0.3 is 0 Å². The lowest BCUT2D eigenvalue weighted by Crippen LogP contribution is -2.46. The van der Waals surface area contributed by atoms with Gasteiger partial charge in [0, 0.05) is 13.1 Å². The number of carbonyl (C=O) groups excluding carboxylic acids is 1. The zero-order valence-electron chi connectivity index (χ0n) is 12.7. The van der Waals surface area contributed by atoms with E-state index in [1.54, 1.807) is 0 Å². The highest BCUT2D eigenvalue weighted by Crippen LogP contribution is 2.34. The molecule has 0 radical (unpaired) electrons. The number of nitrogens with zero attached hydrogens (tertiary/aromatic N) is 1. The predicted molar refractivity (Wildman–Crippen MR) is 81.2 cm³/mol. The molecule has 1 unspecified atom stereocenters. The summed E-state index contributed by atoms with van der Waals surface area (Å²) in [5, 5.41) is 0. The molecule has 0 bridgehead atoms. The van der Waals surface area contributed by atoms with Crippen LogP contribution in [0, 0.1) is 17.8 Å². The average Bonchev–Trinajstić information content (AvgIpc) is 3.33. The monoisotopic (exact) mass is 278 g/mol. The van der Waals surface area contributed by atoms with Gasteiger partial charge in [-0.25, -0.2) is 0 Å². The Hall–Kier alpha value is -0.570. The smallest absolute Gasteiger partial charge is 0.239 e. The maximum absolute atomic E-state index is 12.6. The van der Waals surface area contributed by atoms with Crippen LogP contribution in [0.15, 0.2) is 0 Å². The molecule has 3 nitrogen and oxygen atoms in total. The number of nitrogens with two attached hydrogens (primary N) is 1. The van der Waals surface area contributed by atoms with Gasteiger partial charge in [-0.15, -0.1) is 0 Å². The minimum Gasteiger partial charge on any atom is -0.341 e. The quantitative estimate of drug-likeness (QED) is 0.778. The lowest BCUT2D eigenvalue weighted by molar-refractivity contribution is -0.133. The molecule has 114 valence electrons. The number of rotatable bonds is 7. The van der Waals surface area contributed by atoms with E-state index < -0.39 is 0 Å². The van der Waals surface area contributed by atoms with Crippen LogP contribution in [0.25, 0.3) is 0 Å². The molecule has 2 N–H and O–H groups in total. The van der Waals surface area contributed by atoms with Crippen molar-refractivity contribution in [1.82, 2.24) is 4.90 Å². The summed E-state index contributed by atoms with van der Waals surface area (Å²) >= 11 is 0. The average molecular weight is 278 g/mol. The third-order valence-corrected chi connectivity index (χ3v) is 5.29. The van der Waals surface area contributed by atoms with Crippen molar-refractivity contribution >= 4 is 5.91 Å². The van der Waals surface area contributed by atoms with Crippen molar-refractivity contribution in [3.63, 3.8) is 0 Å². The Balaban J connectivity index is 1.49. The molecule has 3 heteroatoms. The fourth-order valence-electron chi connectivity index (χ4n) is 3.60. The first-order valence-corrected chi connectivity index (χ1v) is 8.76. The Morgan fingerprint density at radius 2 is 1.45 bits per heavy atom. The van der Waals surface area contributed by atoms with Crippen LogP contribution in [0.4, 0.5) is 0 Å². The summed E-state index contributed by atoms with van der Waals surface area (Å²) in [6.45, 7) is 1.96. The third kappa shape index (κ3) is 4.21. The molecule has 3 rings (SSSR count). The van der Waals surface area contributed by atoms with E-state index in [1.807, 2.05) is 0 Å². The summed E-state index contributed by atoms with van der Waals surface area (Å²) in [5.41, 5.74) is 6.25. The molecule has 0 aliphatic heterocycles. The number of amides is 1. The molecular formula is C17H30N2O. The van der Waals surface area contributed by atoms with Crippen LogP contribution in [0.2, 0.25) is 0 Å². The highest BCUT2D eigenvalue weighted by atomic mass is 16.2. The molecule has 1 amide bonds. The standard InChI is InChI=1S/C17H30N2O/c18-16(10-13-4-2-1-3-5-13)17(20)19(11-14-6-7-14)12-15-8-9-15/h13-16H,1-12,18H2. The van der Waals surface area contributed by atoms with Crippen LogP contribution in [-0.2, 0) is 4.79 Å². The van der Waals surface area contributed by atoms with E-state index in [0.717, 1.165) is 31.3 Å². The minimum atomic E-state index is -0.240. The Kier molecular flexibility index (Phi) is 4.65. The van der Waals surface area contributed by atoms with Crippen molar-refractivity contribution in [2.24, 2.45) is 23.5 Å². The Morgan fingerprint density at radius 3 is 1.95 bits per heavy atom. The van der Waals surface area contributed by atoms with Crippen molar-refractivity contribution in [3.05, 3.63) is 0 Å². The van der Waals surface area contributed by atoms with E-state index in [2.05, 4.69) is 4.90 Å². The van der Waals surface area contributed by atoms with Crippen LogP contribution < -0.4 is 5.73 Å². The first-order chi connectivity index (χ1) is 9.72. The highest BCUT2D eigenvalue weighted by Gasteiger charge is 2.33. The van der Waals surface area contributed by atoms with Gasteiger partial charge in [-0.05, 0) is 49.9 Å². The second kappa shape index (κ2) is 6.46. The zero-order chi connectivity index (χ0) is 13.9. The number of hydrogen-bond acceptors (Lipinski definition) is 2. The zero-order valence-corrected chi connectivity index (χ0v) is 12.7. The third-order valence-electron chi connectivity index (χ3n) is 5.29. The molecule has 0 heterocycles. The summed E-state index contributed by atoms with van der Waals surface area (Å²) in [5.74, 6) is 2.50. The molecule has 0 saturated heterocycles. The lowest BCUT2D eigenvalue weighted by atomic mass is 9.84. The van der Waals surface area contributed by atoms with Crippen LogP contribution in [0.1, 0.15) is 64.2 Å². The highest BCUT2D eigenvalue weighted by molar-refractivity contribution is 5.81. The SMILES string of the molecule is NC(CC1CCCCC1)C(=O)N(CC1CC1)CC1CC1. The molecular weight excluding hydrogens is 248 g/mol. The molecule has 20 heavy (non-hydrogen) atoms. The second-order valence-corrected chi connectivity index (χ2v) is 7.48. The fraction of sp³-hybridized carbons (Fsp3) is 0.941. The van der Waals surface area contributed by atoms with Crippen molar-refractivity contribution in [3.8, 4) is 0 Å². The van der Waals surface area contributed by atoms with E-state index >= 15 is 0 Å². The van der Waals surface area contributed by atoms with Crippen molar-refractivity contribution in [2.75, 3.05) is 13.1 Å². The van der Waals surface area contributed by atoms with Gasteiger partial charge in [0.1, 0.15) is 0 Å². The van der Waals surface area contributed by atoms with E-state index in [1.165, 1.54) is 57.8 Å². The van der Waals surface area contributed by atoms with E-state index in [0.29, 0.717) is 5.92 Å². The maximum atomic E-state index is 12.6. The van der Waals surface area contributed by atoms with Crippen molar-refractivity contribution < 1.29 is 4.79 Å². The summed E-state index contributed by atoms with van der Waals surface area (Å²) in [6, 6.07) is -0.240. The van der Waals surface area contributed by atoms with Gasteiger partial charge in [0.2, 0.25) is 5.91 Å². The van der Waals surface area contributed by atoms with Crippen LogP contribution >= 0.6 is 0 Å². The summed E-state index contributed by atoms with van der Waals surface area (Å²) in [7, 11) is 0. The number of carbonyl (C=O) groups is 1. The van der Waals surface area contributed by atoms with Crippen molar-refractivity contribution in [2.45, 2.75) is 70.3 Å². The molecule has 0 spiro atoms. The van der Waals surface area contributed by atoms with E-state index in [9.17, 15) is 4.79 Å². The first-order valence-electron chi connectivity index (χ1n) is 8.76. The van der Waals surface area contributed by atoms with Gasteiger partial charge in [-0.3, -0.25) is 4.79 Å². The predicted octanol–water partition coefficient (Wildman–Crippen LogP) is 2.93. The Bertz CT molecular complexity index is 316. The van der Waals surface area contributed by atoms with Crippen molar-refractivity contribution in [1.29, 1.82) is 0 Å². The van der Waals surface area contributed by atoms with Crippen LogP contribution in [-0.4, -0.2) is 29.9 Å².